The molecule has 0 aromatic heterocycles. The molecule has 1 atom stereocenters. The molecule has 8 nitrogen and oxygen atoms in total. The lowest BCUT2D eigenvalue weighted by molar-refractivity contribution is -0.144. The van der Waals surface area contributed by atoms with Crippen LogP contribution in [0.2, 0.25) is 0 Å². The number of hydrogen-bond acceptors (Lipinski definition) is 8. The second-order valence-electron chi connectivity index (χ2n) is 3.90. The Labute approximate surface area is 127 Å². The third-order valence-corrected chi connectivity index (χ3v) is 5.12. The molecule has 2 aliphatic heterocycles. The van der Waals surface area contributed by atoms with Crippen LogP contribution in [0.5, 0.6) is 0 Å². The Morgan fingerprint density at radius 2 is 1.86 bits per heavy atom. The van der Waals surface area contributed by atoms with Crippen molar-refractivity contribution in [1.29, 1.82) is 0 Å². The van der Waals surface area contributed by atoms with Gasteiger partial charge in [-0.1, -0.05) is 11.8 Å². The number of hydrogen-bond donors (Lipinski definition) is 2. The van der Waals surface area contributed by atoms with Crippen LogP contribution in [0.15, 0.2) is 9.81 Å². The molecule has 0 aromatic carbocycles. The lowest BCUT2D eigenvalue weighted by Crippen LogP contribution is -2.52. The van der Waals surface area contributed by atoms with E-state index in [1.807, 2.05) is 10.6 Å². The highest BCUT2D eigenvalue weighted by Crippen LogP contribution is 2.40. The van der Waals surface area contributed by atoms with Crippen LogP contribution in [-0.4, -0.2) is 47.2 Å². The van der Waals surface area contributed by atoms with Crippen molar-refractivity contribution in [2.75, 3.05) is 12.4 Å². The minimum Gasteiger partial charge on any atom is -0.465 e. The third-order valence-electron chi connectivity index (χ3n) is 2.48. The van der Waals surface area contributed by atoms with Crippen molar-refractivity contribution < 1.29 is 28.7 Å². The van der Waals surface area contributed by atoms with Crippen molar-refractivity contribution in [3.8, 4) is 0 Å². The Bertz CT molecular complexity index is 563. The summed E-state index contributed by atoms with van der Waals surface area (Å²) in [5.74, 6) is -2.81. The van der Waals surface area contributed by atoms with Crippen molar-refractivity contribution >= 4 is 53.1 Å². The average Bonchev–Trinajstić information content (AvgIpc) is 2.39. The number of ketones is 1. The largest absolute Gasteiger partial charge is 0.465 e. The van der Waals surface area contributed by atoms with Crippen LogP contribution in [0.4, 0.5) is 4.79 Å². The fraction of sp³-hybridized carbons (Fsp3) is 0.364. The van der Waals surface area contributed by atoms with Gasteiger partial charge in [0, 0.05) is 0 Å². The van der Waals surface area contributed by atoms with Gasteiger partial charge >= 0.3 is 12.0 Å². The maximum Gasteiger partial charge on any atom is 0.328 e. The number of rotatable bonds is 2. The Hall–Kier alpha value is -1.81. The summed E-state index contributed by atoms with van der Waals surface area (Å²) >= 11 is 1.77. The molecule has 2 rings (SSSR count). The number of imide groups is 2. The predicted octanol–water partition coefficient (Wildman–Crippen LogP) is -0.455. The van der Waals surface area contributed by atoms with E-state index in [0.29, 0.717) is 0 Å². The number of Topliss-reactive ketones (excluding diaryl/α,β-unsaturated/α-hetero) is 1. The first kappa shape index (κ1) is 15.6. The standard InChI is InChI=1S/C11H10N2O6S2/c1-2-19-9(17)6-4(14)3-20-10(21-6)5-7(15)12-11(18)13-8(5)16/h6H,2-3H2,1H3,(H2,12,13,15,16,18). The fourth-order valence-corrected chi connectivity index (χ4v) is 4.11. The van der Waals surface area contributed by atoms with E-state index in [-0.39, 0.29) is 28.0 Å². The van der Waals surface area contributed by atoms with Crippen molar-refractivity contribution in [1.82, 2.24) is 10.6 Å². The molecule has 0 saturated carbocycles. The number of carbonyl (C=O) groups excluding carboxylic acids is 5. The van der Waals surface area contributed by atoms with Gasteiger partial charge in [-0.05, 0) is 6.92 Å². The molecule has 0 spiro atoms. The van der Waals surface area contributed by atoms with E-state index in [2.05, 4.69) is 0 Å². The summed E-state index contributed by atoms with van der Waals surface area (Å²) in [6.45, 7) is 1.73. The third kappa shape index (κ3) is 3.27. The minimum absolute atomic E-state index is 0.0518. The zero-order valence-corrected chi connectivity index (χ0v) is 12.4. The van der Waals surface area contributed by atoms with Gasteiger partial charge in [-0.15, -0.1) is 11.8 Å². The van der Waals surface area contributed by atoms with Crippen LogP contribution in [-0.2, 0) is 23.9 Å². The monoisotopic (exact) mass is 330 g/mol. The van der Waals surface area contributed by atoms with Gasteiger partial charge < -0.3 is 4.74 Å². The Morgan fingerprint density at radius 3 is 2.43 bits per heavy atom. The molecule has 0 radical (unpaired) electrons. The van der Waals surface area contributed by atoms with E-state index in [1.165, 1.54) is 0 Å². The molecule has 21 heavy (non-hydrogen) atoms. The van der Waals surface area contributed by atoms with Crippen LogP contribution < -0.4 is 10.6 Å². The summed E-state index contributed by atoms with van der Waals surface area (Å²) in [4.78, 5) is 57.9. The second kappa shape index (κ2) is 6.31. The zero-order chi connectivity index (χ0) is 15.6. The molecule has 0 aromatic rings. The highest BCUT2D eigenvalue weighted by molar-refractivity contribution is 8.24. The van der Waals surface area contributed by atoms with E-state index >= 15 is 0 Å². The minimum atomic E-state index is -1.10. The van der Waals surface area contributed by atoms with E-state index in [9.17, 15) is 24.0 Å². The Morgan fingerprint density at radius 1 is 1.24 bits per heavy atom. The summed E-state index contributed by atoms with van der Waals surface area (Å²) in [7, 11) is 0. The van der Waals surface area contributed by atoms with Gasteiger partial charge in [0.15, 0.2) is 11.0 Å². The van der Waals surface area contributed by atoms with E-state index in [1.54, 1.807) is 6.92 Å². The highest BCUT2D eigenvalue weighted by Gasteiger charge is 2.39. The molecule has 0 bridgehead atoms. The number of esters is 1. The lowest BCUT2D eigenvalue weighted by Gasteiger charge is -2.23. The Balaban J connectivity index is 2.27. The van der Waals surface area contributed by atoms with Crippen molar-refractivity contribution in [3.63, 3.8) is 0 Å². The van der Waals surface area contributed by atoms with Gasteiger partial charge in [0.2, 0.25) is 0 Å². The predicted molar refractivity (Wildman–Crippen MR) is 74.2 cm³/mol. The topological polar surface area (TPSA) is 119 Å². The molecule has 2 fully saturated rings. The molecule has 112 valence electrons. The number of thioether (sulfide) groups is 2. The molecule has 2 saturated heterocycles. The van der Waals surface area contributed by atoms with Crippen molar-refractivity contribution in [2.45, 2.75) is 12.2 Å². The molecular weight excluding hydrogens is 320 g/mol. The van der Waals surface area contributed by atoms with Crippen molar-refractivity contribution in [2.24, 2.45) is 0 Å². The van der Waals surface area contributed by atoms with Gasteiger partial charge in [-0.3, -0.25) is 29.8 Å². The van der Waals surface area contributed by atoms with Crippen LogP contribution in [0.1, 0.15) is 6.92 Å². The second-order valence-corrected chi connectivity index (χ2v) is 6.26. The van der Waals surface area contributed by atoms with Gasteiger partial charge in [-0.2, -0.15) is 0 Å². The molecular formula is C11H10N2O6S2. The maximum absolute atomic E-state index is 11.7. The molecule has 2 N–H and O–H groups in total. The first-order chi connectivity index (χ1) is 9.93. The number of ether oxygens (including phenoxy) is 1. The van der Waals surface area contributed by atoms with Crippen LogP contribution in [0.25, 0.3) is 0 Å². The first-order valence-corrected chi connectivity index (χ1v) is 7.70. The van der Waals surface area contributed by atoms with E-state index in [0.717, 1.165) is 23.5 Å². The summed E-state index contributed by atoms with van der Waals surface area (Å²) in [6.07, 6.45) is 0. The fourth-order valence-electron chi connectivity index (χ4n) is 1.60. The number of urea groups is 1. The summed E-state index contributed by atoms with van der Waals surface area (Å²) in [5.41, 5.74) is -0.272. The number of carbonyl (C=O) groups is 5. The Kier molecular flexibility index (Phi) is 4.68. The number of amides is 4. The smallest absolute Gasteiger partial charge is 0.328 e. The summed E-state index contributed by atoms with van der Waals surface area (Å²) in [5, 5.41) is 2.78. The van der Waals surface area contributed by atoms with Crippen LogP contribution in [0, 0.1) is 0 Å². The molecule has 1 unspecified atom stereocenters. The quantitative estimate of drug-likeness (QED) is 0.302. The normalized spacial score (nSPS) is 22.8. The highest BCUT2D eigenvalue weighted by atomic mass is 32.2. The number of nitrogens with one attached hydrogen (secondary N) is 2. The average molecular weight is 330 g/mol. The summed E-state index contributed by atoms with van der Waals surface area (Å²) < 4.78 is 5.01. The molecule has 2 heterocycles. The van der Waals surface area contributed by atoms with E-state index in [4.69, 9.17) is 4.74 Å². The molecule has 10 heteroatoms. The van der Waals surface area contributed by atoms with Gasteiger partial charge in [-0.25, -0.2) is 4.79 Å². The van der Waals surface area contributed by atoms with Gasteiger partial charge in [0.25, 0.3) is 11.8 Å². The van der Waals surface area contributed by atoms with Gasteiger partial charge in [0.05, 0.1) is 16.6 Å². The lowest BCUT2D eigenvalue weighted by atomic mass is 10.2. The molecule has 0 aliphatic carbocycles. The van der Waals surface area contributed by atoms with E-state index < -0.39 is 29.1 Å². The maximum atomic E-state index is 11.7. The van der Waals surface area contributed by atoms with Crippen LogP contribution in [0.3, 0.4) is 0 Å². The number of barbiturate groups is 1. The zero-order valence-electron chi connectivity index (χ0n) is 10.8. The van der Waals surface area contributed by atoms with Crippen molar-refractivity contribution in [3.05, 3.63) is 9.81 Å². The SMILES string of the molecule is CCOC(=O)C1SC(=C2C(=O)NC(=O)NC2=O)SCC1=O. The molecule has 4 amide bonds. The first-order valence-electron chi connectivity index (χ1n) is 5.83. The van der Waals surface area contributed by atoms with Gasteiger partial charge in [0.1, 0.15) is 5.57 Å². The molecule has 2 aliphatic rings. The van der Waals surface area contributed by atoms with Crippen LogP contribution >= 0.6 is 23.5 Å². The summed E-state index contributed by atoms with van der Waals surface area (Å²) in [6, 6.07) is -0.904.